The van der Waals surface area contributed by atoms with E-state index in [-0.39, 0.29) is 11.4 Å². The van der Waals surface area contributed by atoms with Gasteiger partial charge in [-0.3, -0.25) is 0 Å². The van der Waals surface area contributed by atoms with Gasteiger partial charge in [0, 0.05) is 25.3 Å². The number of rotatable bonds is 3. The monoisotopic (exact) mass is 243 g/mol. The standard InChI is InChI=1S/C12H15F2NO2/c13-9-5-10(14)12(15)11(6-9)17-7-8-1-3-16-4-2-8/h5-6,8H,1-4,7,15H2. The number of benzene rings is 1. The SMILES string of the molecule is Nc1c(F)cc(F)cc1OCC1CCOCC1. The summed E-state index contributed by atoms with van der Waals surface area (Å²) < 4.78 is 36.7. The van der Waals surface area contributed by atoms with E-state index in [9.17, 15) is 8.78 Å². The average Bonchev–Trinajstić information content (AvgIpc) is 2.33. The van der Waals surface area contributed by atoms with Crippen LogP contribution in [0.3, 0.4) is 0 Å². The maximum atomic E-state index is 13.1. The van der Waals surface area contributed by atoms with Crippen LogP contribution in [0.1, 0.15) is 12.8 Å². The molecule has 1 fully saturated rings. The molecule has 0 amide bonds. The summed E-state index contributed by atoms with van der Waals surface area (Å²) in [6.07, 6.45) is 1.80. The molecule has 1 aromatic rings. The Morgan fingerprint density at radius 3 is 2.71 bits per heavy atom. The number of nitrogen functional groups attached to an aromatic ring is 1. The maximum absolute atomic E-state index is 13.1. The Bertz CT molecular complexity index is 392. The van der Waals surface area contributed by atoms with Gasteiger partial charge in [-0.1, -0.05) is 0 Å². The van der Waals surface area contributed by atoms with Crippen molar-refractivity contribution in [2.75, 3.05) is 25.6 Å². The molecule has 0 unspecified atom stereocenters. The van der Waals surface area contributed by atoms with Gasteiger partial charge >= 0.3 is 0 Å². The molecule has 0 aliphatic carbocycles. The van der Waals surface area contributed by atoms with Crippen molar-refractivity contribution in [1.29, 1.82) is 0 Å². The van der Waals surface area contributed by atoms with E-state index in [2.05, 4.69) is 0 Å². The summed E-state index contributed by atoms with van der Waals surface area (Å²) in [5.41, 5.74) is 5.34. The van der Waals surface area contributed by atoms with Crippen molar-refractivity contribution in [3.05, 3.63) is 23.8 Å². The topological polar surface area (TPSA) is 44.5 Å². The van der Waals surface area contributed by atoms with Gasteiger partial charge in [-0.2, -0.15) is 0 Å². The van der Waals surface area contributed by atoms with Crippen LogP contribution in [0.5, 0.6) is 5.75 Å². The third kappa shape index (κ3) is 3.06. The Hall–Kier alpha value is -1.36. The van der Waals surface area contributed by atoms with Gasteiger partial charge in [0.1, 0.15) is 17.3 Å². The van der Waals surface area contributed by atoms with Crippen LogP contribution in [0.25, 0.3) is 0 Å². The van der Waals surface area contributed by atoms with E-state index in [0.717, 1.165) is 25.0 Å². The van der Waals surface area contributed by atoms with Crippen molar-refractivity contribution in [2.24, 2.45) is 5.92 Å². The number of anilines is 1. The molecule has 0 atom stereocenters. The van der Waals surface area contributed by atoms with Gasteiger partial charge < -0.3 is 15.2 Å². The molecule has 17 heavy (non-hydrogen) atoms. The van der Waals surface area contributed by atoms with Crippen molar-refractivity contribution < 1.29 is 18.3 Å². The predicted octanol–water partition coefficient (Wildman–Crippen LogP) is 2.35. The van der Waals surface area contributed by atoms with Crippen molar-refractivity contribution in [1.82, 2.24) is 0 Å². The molecule has 2 rings (SSSR count). The first-order valence-corrected chi connectivity index (χ1v) is 5.62. The predicted molar refractivity (Wildman–Crippen MR) is 59.8 cm³/mol. The molecular formula is C12H15F2NO2. The van der Waals surface area contributed by atoms with Crippen molar-refractivity contribution in [3.63, 3.8) is 0 Å². The number of nitrogens with two attached hydrogens (primary N) is 1. The summed E-state index contributed by atoms with van der Waals surface area (Å²) in [7, 11) is 0. The van der Waals surface area contributed by atoms with Crippen LogP contribution in [0.15, 0.2) is 12.1 Å². The summed E-state index contributed by atoms with van der Waals surface area (Å²) in [4.78, 5) is 0. The molecule has 1 aromatic carbocycles. The normalized spacial score (nSPS) is 17.1. The Labute approximate surface area is 98.5 Å². The Kier molecular flexibility index (Phi) is 3.78. The average molecular weight is 243 g/mol. The lowest BCUT2D eigenvalue weighted by Crippen LogP contribution is -2.21. The highest BCUT2D eigenvalue weighted by atomic mass is 19.1. The van der Waals surface area contributed by atoms with E-state index in [1.807, 2.05) is 0 Å². The largest absolute Gasteiger partial charge is 0.491 e. The molecule has 0 aromatic heterocycles. The molecule has 1 aliphatic heterocycles. The Morgan fingerprint density at radius 2 is 2.00 bits per heavy atom. The fourth-order valence-electron chi connectivity index (χ4n) is 1.80. The highest BCUT2D eigenvalue weighted by Crippen LogP contribution is 2.27. The fraction of sp³-hybridized carbons (Fsp3) is 0.500. The van der Waals surface area contributed by atoms with Crippen LogP contribution in [-0.4, -0.2) is 19.8 Å². The molecule has 0 bridgehead atoms. The molecule has 94 valence electrons. The van der Waals surface area contributed by atoms with Crippen LogP contribution < -0.4 is 10.5 Å². The highest BCUT2D eigenvalue weighted by Gasteiger charge is 2.16. The molecule has 5 heteroatoms. The van der Waals surface area contributed by atoms with E-state index in [0.29, 0.717) is 25.7 Å². The smallest absolute Gasteiger partial charge is 0.152 e. The van der Waals surface area contributed by atoms with Gasteiger partial charge in [0.15, 0.2) is 5.82 Å². The molecule has 0 saturated carbocycles. The summed E-state index contributed by atoms with van der Waals surface area (Å²) in [5.74, 6) is -1.03. The first-order valence-electron chi connectivity index (χ1n) is 5.62. The lowest BCUT2D eigenvalue weighted by molar-refractivity contribution is 0.0498. The quantitative estimate of drug-likeness (QED) is 0.829. The maximum Gasteiger partial charge on any atom is 0.152 e. The van der Waals surface area contributed by atoms with E-state index in [1.165, 1.54) is 0 Å². The van der Waals surface area contributed by atoms with Crippen molar-refractivity contribution in [3.8, 4) is 5.75 Å². The summed E-state index contributed by atoms with van der Waals surface area (Å²) in [6.45, 7) is 1.83. The number of ether oxygens (including phenoxy) is 2. The molecule has 2 N–H and O–H groups in total. The number of hydrogen-bond donors (Lipinski definition) is 1. The van der Waals surface area contributed by atoms with E-state index >= 15 is 0 Å². The van der Waals surface area contributed by atoms with Gasteiger partial charge in [-0.15, -0.1) is 0 Å². The Morgan fingerprint density at radius 1 is 1.29 bits per heavy atom. The van der Waals surface area contributed by atoms with Crippen molar-refractivity contribution in [2.45, 2.75) is 12.8 Å². The fourth-order valence-corrected chi connectivity index (χ4v) is 1.80. The first kappa shape index (κ1) is 12.1. The minimum absolute atomic E-state index is 0.0778. The molecule has 1 saturated heterocycles. The molecule has 1 heterocycles. The van der Waals surface area contributed by atoms with Gasteiger partial charge in [0.05, 0.1) is 6.61 Å². The Balaban J connectivity index is 1.98. The number of hydrogen-bond acceptors (Lipinski definition) is 3. The second kappa shape index (κ2) is 5.31. The third-order valence-electron chi connectivity index (χ3n) is 2.87. The lowest BCUT2D eigenvalue weighted by Gasteiger charge is -2.22. The zero-order valence-electron chi connectivity index (χ0n) is 9.42. The third-order valence-corrected chi connectivity index (χ3v) is 2.87. The second-order valence-electron chi connectivity index (χ2n) is 4.17. The summed E-state index contributed by atoms with van der Waals surface area (Å²) >= 11 is 0. The van der Waals surface area contributed by atoms with Gasteiger partial charge in [0.25, 0.3) is 0 Å². The van der Waals surface area contributed by atoms with Crippen LogP contribution in [0.4, 0.5) is 14.5 Å². The minimum atomic E-state index is -0.785. The van der Waals surface area contributed by atoms with Crippen molar-refractivity contribution >= 4 is 5.69 Å². The van der Waals surface area contributed by atoms with E-state index in [1.54, 1.807) is 0 Å². The van der Waals surface area contributed by atoms with Gasteiger partial charge in [-0.25, -0.2) is 8.78 Å². The first-order chi connectivity index (χ1) is 8.16. The van der Waals surface area contributed by atoms with Gasteiger partial charge in [-0.05, 0) is 18.8 Å². The summed E-state index contributed by atoms with van der Waals surface area (Å²) in [5, 5.41) is 0. The molecule has 1 aliphatic rings. The van der Waals surface area contributed by atoms with Crippen LogP contribution in [0, 0.1) is 17.6 Å². The molecule has 0 radical (unpaired) electrons. The zero-order chi connectivity index (χ0) is 12.3. The number of halogens is 2. The molecule has 0 spiro atoms. The zero-order valence-corrected chi connectivity index (χ0v) is 9.42. The van der Waals surface area contributed by atoms with E-state index < -0.39 is 11.6 Å². The van der Waals surface area contributed by atoms with E-state index in [4.69, 9.17) is 15.2 Å². The second-order valence-corrected chi connectivity index (χ2v) is 4.17. The van der Waals surface area contributed by atoms with Crippen LogP contribution in [0.2, 0.25) is 0 Å². The lowest BCUT2D eigenvalue weighted by atomic mass is 10.0. The summed E-state index contributed by atoms with van der Waals surface area (Å²) in [6, 6.07) is 1.86. The molecule has 3 nitrogen and oxygen atoms in total. The van der Waals surface area contributed by atoms with Crippen LogP contribution >= 0.6 is 0 Å². The van der Waals surface area contributed by atoms with Gasteiger partial charge in [0.2, 0.25) is 0 Å². The highest BCUT2D eigenvalue weighted by molar-refractivity contribution is 5.53. The van der Waals surface area contributed by atoms with Crippen LogP contribution in [-0.2, 0) is 4.74 Å². The minimum Gasteiger partial charge on any atom is -0.491 e. The molecular weight excluding hydrogens is 228 g/mol.